The molecule has 10 rings (SSSR count). The Bertz CT molecular complexity index is 2090. The van der Waals surface area contributed by atoms with Gasteiger partial charge in [-0.05, 0) is 112 Å². The van der Waals surface area contributed by atoms with E-state index in [4.69, 9.17) is 14.7 Å². The zero-order chi connectivity index (χ0) is 35.6. The maximum Gasteiger partial charge on any atom is 0.317 e. The van der Waals surface area contributed by atoms with E-state index in [0.717, 1.165) is 66.6 Å². The highest BCUT2D eigenvalue weighted by Crippen LogP contribution is 2.55. The first-order chi connectivity index (χ1) is 25.2. The Labute approximate surface area is 302 Å². The Hall–Kier alpha value is -5.20. The summed E-state index contributed by atoms with van der Waals surface area (Å²) in [5.74, 6) is 3.84. The molecule has 52 heavy (non-hydrogen) atoms. The van der Waals surface area contributed by atoms with Crippen molar-refractivity contribution in [3.05, 3.63) is 64.6 Å². The second-order valence-electron chi connectivity index (χ2n) is 15.7. The number of ether oxygens (including phenoxy) is 1. The number of piperazine rings is 1. The van der Waals surface area contributed by atoms with Crippen LogP contribution in [0.2, 0.25) is 0 Å². The lowest BCUT2D eigenvalue weighted by molar-refractivity contribution is -0.117. The number of aryl methyl sites for hydroxylation is 1. The van der Waals surface area contributed by atoms with Crippen molar-refractivity contribution in [2.75, 3.05) is 48.8 Å². The van der Waals surface area contributed by atoms with E-state index >= 15 is 0 Å². The van der Waals surface area contributed by atoms with Crippen LogP contribution in [0.5, 0.6) is 5.88 Å². The van der Waals surface area contributed by atoms with Gasteiger partial charge >= 0.3 is 6.03 Å². The molecule has 270 valence electrons. The predicted octanol–water partition coefficient (Wildman–Crippen LogP) is 5.39. The van der Waals surface area contributed by atoms with Crippen molar-refractivity contribution >= 4 is 46.1 Å². The molecule has 0 unspecified atom stereocenters. The van der Waals surface area contributed by atoms with E-state index in [1.54, 1.807) is 25.4 Å². The molecule has 1 aromatic carbocycles. The second-order valence-corrected chi connectivity index (χ2v) is 15.7. The molecule has 0 spiro atoms. The molecule has 13 nitrogen and oxygen atoms in total. The molecule has 1 aliphatic heterocycles. The molecule has 5 saturated carbocycles. The van der Waals surface area contributed by atoms with Crippen molar-refractivity contribution in [3.63, 3.8) is 0 Å². The van der Waals surface area contributed by atoms with Gasteiger partial charge in [0.1, 0.15) is 11.5 Å². The van der Waals surface area contributed by atoms with Gasteiger partial charge in [0.25, 0.3) is 5.56 Å². The third-order valence-corrected chi connectivity index (χ3v) is 11.9. The lowest BCUT2D eigenvalue weighted by Crippen LogP contribution is -2.63. The van der Waals surface area contributed by atoms with Gasteiger partial charge in [-0.25, -0.2) is 9.78 Å². The van der Waals surface area contributed by atoms with E-state index in [-0.39, 0.29) is 34.9 Å². The summed E-state index contributed by atoms with van der Waals surface area (Å²) in [7, 11) is 1.57. The number of carbonyl (C=O) groups excluding carboxylic acids is 2. The first-order valence-electron chi connectivity index (χ1n) is 18.7. The second kappa shape index (κ2) is 12.8. The van der Waals surface area contributed by atoms with Crippen molar-refractivity contribution in [2.45, 2.75) is 63.8 Å². The fraction of sp³-hybridized carbons (Fsp3) is 0.487. The third kappa shape index (κ3) is 6.19. The smallest absolute Gasteiger partial charge is 0.317 e. The molecule has 0 radical (unpaired) electrons. The number of nitrogens with zero attached hydrogens (tertiary/aromatic N) is 6. The summed E-state index contributed by atoms with van der Waals surface area (Å²) in [6.07, 6.45) is 11.0. The molecule has 4 heterocycles. The number of fused-ring (bicyclic) bond motifs is 1. The molecule has 13 heteroatoms. The number of pyridine rings is 2. The summed E-state index contributed by atoms with van der Waals surface area (Å²) in [6.45, 7) is 4.47. The molecular weight excluding hydrogens is 658 g/mol. The van der Waals surface area contributed by atoms with Crippen LogP contribution in [-0.4, -0.2) is 75.2 Å². The average molecular weight is 704 g/mol. The molecule has 3 aromatic heterocycles. The average Bonchev–Trinajstić information content (AvgIpc) is 3.98. The van der Waals surface area contributed by atoms with E-state index in [2.05, 4.69) is 25.8 Å². The van der Waals surface area contributed by atoms with Crippen LogP contribution in [0, 0.1) is 30.6 Å². The number of methoxy groups -OCH3 is 1. The van der Waals surface area contributed by atoms with Crippen LogP contribution < -0.4 is 31.1 Å². The zero-order valence-corrected chi connectivity index (χ0v) is 29.7. The van der Waals surface area contributed by atoms with Crippen molar-refractivity contribution in [1.82, 2.24) is 29.7 Å². The van der Waals surface area contributed by atoms with Crippen molar-refractivity contribution in [3.8, 4) is 11.6 Å². The summed E-state index contributed by atoms with van der Waals surface area (Å²) in [4.78, 5) is 57.6. The Kier molecular flexibility index (Phi) is 8.04. The van der Waals surface area contributed by atoms with Crippen LogP contribution in [0.25, 0.3) is 16.7 Å². The predicted molar refractivity (Wildman–Crippen MR) is 199 cm³/mol. The largest absolute Gasteiger partial charge is 0.479 e. The number of aromatic nitrogens is 4. The van der Waals surface area contributed by atoms with Crippen LogP contribution in [0.15, 0.2) is 53.5 Å². The van der Waals surface area contributed by atoms with Crippen molar-refractivity contribution < 1.29 is 14.3 Å². The lowest BCUT2D eigenvalue weighted by atomic mass is 9.53. The van der Waals surface area contributed by atoms with Gasteiger partial charge in [-0.15, -0.1) is 0 Å². The van der Waals surface area contributed by atoms with Gasteiger partial charge in [-0.3, -0.25) is 14.2 Å². The number of urea groups is 1. The summed E-state index contributed by atoms with van der Waals surface area (Å²) >= 11 is 0. The summed E-state index contributed by atoms with van der Waals surface area (Å²) in [6, 6.07) is 12.7. The van der Waals surface area contributed by atoms with Crippen LogP contribution >= 0.6 is 0 Å². The van der Waals surface area contributed by atoms with Gasteiger partial charge in [-0.1, -0.05) is 6.07 Å². The molecule has 6 aliphatic rings. The van der Waals surface area contributed by atoms with E-state index in [0.29, 0.717) is 54.8 Å². The Balaban J connectivity index is 0.899. The molecule has 5 aliphatic carbocycles. The normalized spacial score (nSPS) is 24.9. The van der Waals surface area contributed by atoms with Gasteiger partial charge in [0.05, 0.1) is 12.8 Å². The Morgan fingerprint density at radius 3 is 2.35 bits per heavy atom. The van der Waals surface area contributed by atoms with Crippen LogP contribution in [0.3, 0.4) is 0 Å². The van der Waals surface area contributed by atoms with Gasteiger partial charge in [0.2, 0.25) is 17.7 Å². The van der Waals surface area contributed by atoms with Crippen LogP contribution in [-0.2, 0) is 4.79 Å². The lowest BCUT2D eigenvalue weighted by Gasteiger charge is -2.57. The number of carbonyl (C=O) groups is 2. The number of hydrogen-bond donors (Lipinski definition) is 3. The number of nitrogens with one attached hydrogen (secondary N) is 3. The first kappa shape index (κ1) is 32.7. The van der Waals surface area contributed by atoms with E-state index in [9.17, 15) is 14.4 Å². The monoisotopic (exact) mass is 703 g/mol. The highest BCUT2D eigenvalue weighted by atomic mass is 16.5. The topological polar surface area (TPSA) is 147 Å². The highest BCUT2D eigenvalue weighted by molar-refractivity contribution is 5.94. The number of hydrogen-bond acceptors (Lipinski definition) is 9. The SMILES string of the molecule is COc1nc(N2CCN(C(=O)NC34CC5CC(CC(C5)C3)C4)CC2)ccc1Nc1ncc2c(C)cc(=O)n(-c3cccc(NC(=O)C4CC4)c3)c2n1. The number of benzene rings is 1. The number of rotatable bonds is 8. The molecule has 3 amide bonds. The standard InChI is InChI=1S/C39H45N9O4/c1-23-14-33(49)48(29-5-3-4-28(18-29)41-35(50)27-6-7-27)34-30(23)22-40-37(44-34)42-31-8-9-32(43-36(31)52-2)46-10-12-47(13-11-46)38(51)45-39-19-24-15-25(20-39)17-26(16-24)21-39/h3-5,8-9,14,18,22,24-27H,6-7,10-13,15-17,19-21H2,1-2H3,(H,41,50)(H,45,51)(H,40,42,44). The van der Waals surface area contributed by atoms with E-state index in [1.807, 2.05) is 42.2 Å². The van der Waals surface area contributed by atoms with E-state index < -0.39 is 0 Å². The molecule has 0 atom stereocenters. The van der Waals surface area contributed by atoms with Gasteiger partial charge in [-0.2, -0.15) is 9.97 Å². The van der Waals surface area contributed by atoms with Crippen LogP contribution in [0.1, 0.15) is 56.9 Å². The molecule has 6 fully saturated rings. The van der Waals surface area contributed by atoms with Crippen molar-refractivity contribution in [1.29, 1.82) is 0 Å². The summed E-state index contributed by atoms with van der Waals surface area (Å²) < 4.78 is 7.24. The maximum absolute atomic E-state index is 13.4. The number of amides is 3. The molecular formula is C39H45N9O4. The van der Waals surface area contributed by atoms with Gasteiger partial charge < -0.3 is 30.5 Å². The fourth-order valence-electron chi connectivity index (χ4n) is 9.56. The van der Waals surface area contributed by atoms with Crippen LogP contribution in [0.4, 0.5) is 27.9 Å². The minimum Gasteiger partial charge on any atom is -0.479 e. The quantitative estimate of drug-likeness (QED) is 0.220. The van der Waals surface area contributed by atoms with Gasteiger partial charge in [0, 0.05) is 61.0 Å². The molecule has 1 saturated heterocycles. The Morgan fingerprint density at radius 1 is 0.923 bits per heavy atom. The molecule has 3 N–H and O–H groups in total. The highest BCUT2D eigenvalue weighted by Gasteiger charge is 2.52. The van der Waals surface area contributed by atoms with Gasteiger partial charge in [0.15, 0.2) is 5.65 Å². The summed E-state index contributed by atoms with van der Waals surface area (Å²) in [5, 5.41) is 10.5. The minimum atomic E-state index is -0.241. The van der Waals surface area contributed by atoms with E-state index in [1.165, 1.54) is 23.8 Å². The third-order valence-electron chi connectivity index (χ3n) is 11.9. The zero-order valence-electron chi connectivity index (χ0n) is 29.7. The first-order valence-corrected chi connectivity index (χ1v) is 18.7. The number of anilines is 4. The maximum atomic E-state index is 13.4. The van der Waals surface area contributed by atoms with Crippen molar-refractivity contribution in [2.24, 2.45) is 23.7 Å². The fourth-order valence-corrected chi connectivity index (χ4v) is 9.56. The molecule has 4 bridgehead atoms. The summed E-state index contributed by atoms with van der Waals surface area (Å²) in [5.41, 5.74) is 2.74. The Morgan fingerprint density at radius 2 is 1.65 bits per heavy atom. The minimum absolute atomic E-state index is 0.00210. The molecule has 4 aromatic rings.